The zero-order chi connectivity index (χ0) is 19.3. The predicted molar refractivity (Wildman–Crippen MR) is 99.7 cm³/mol. The molecule has 146 valence electrons. The third kappa shape index (κ3) is 4.82. The summed E-state index contributed by atoms with van der Waals surface area (Å²) >= 11 is 0. The van der Waals surface area contributed by atoms with Gasteiger partial charge in [0.1, 0.15) is 5.82 Å². The number of carbonyl (C=O) groups is 1. The van der Waals surface area contributed by atoms with Gasteiger partial charge in [-0.15, -0.1) is 0 Å². The topological polar surface area (TPSA) is 66.5 Å². The fourth-order valence-electron chi connectivity index (χ4n) is 3.30. The first-order valence-electron chi connectivity index (χ1n) is 9.36. The molecule has 0 radical (unpaired) electrons. The summed E-state index contributed by atoms with van der Waals surface area (Å²) in [6.45, 7) is 6.20. The highest BCUT2D eigenvalue weighted by molar-refractivity contribution is 7.89. The van der Waals surface area contributed by atoms with Crippen LogP contribution < -0.4 is 5.32 Å². The second-order valence-corrected chi connectivity index (χ2v) is 8.95. The maximum atomic E-state index is 13.8. The second-order valence-electron chi connectivity index (χ2n) is 7.02. The first-order chi connectivity index (χ1) is 12.3. The summed E-state index contributed by atoms with van der Waals surface area (Å²) in [6.07, 6.45) is 4.05. The summed E-state index contributed by atoms with van der Waals surface area (Å²) in [5.41, 5.74) is 0.404. The van der Waals surface area contributed by atoms with Crippen LogP contribution in [0.15, 0.2) is 23.1 Å². The lowest BCUT2D eigenvalue weighted by molar-refractivity contribution is -0.126. The summed E-state index contributed by atoms with van der Waals surface area (Å²) in [7, 11) is -3.80. The first-order valence-corrected chi connectivity index (χ1v) is 10.8. The van der Waals surface area contributed by atoms with E-state index in [1.165, 1.54) is 16.4 Å². The quantitative estimate of drug-likeness (QED) is 0.785. The van der Waals surface area contributed by atoms with Crippen LogP contribution in [0.1, 0.15) is 51.5 Å². The van der Waals surface area contributed by atoms with Crippen molar-refractivity contribution in [1.29, 1.82) is 0 Å². The summed E-state index contributed by atoms with van der Waals surface area (Å²) in [6, 6.07) is 4.08. The van der Waals surface area contributed by atoms with E-state index in [4.69, 9.17) is 0 Å². The van der Waals surface area contributed by atoms with E-state index in [2.05, 4.69) is 12.2 Å². The number of hydrogen-bond donors (Lipinski definition) is 1. The normalized spacial score (nSPS) is 19.9. The average molecular weight is 385 g/mol. The zero-order valence-corrected chi connectivity index (χ0v) is 16.6. The van der Waals surface area contributed by atoms with Gasteiger partial charge in [0.25, 0.3) is 0 Å². The number of sulfonamides is 1. The summed E-state index contributed by atoms with van der Waals surface area (Å²) in [5, 5.41) is 3.05. The van der Waals surface area contributed by atoms with Gasteiger partial charge in [-0.2, -0.15) is 4.31 Å². The van der Waals surface area contributed by atoms with E-state index in [0.717, 1.165) is 25.3 Å². The Labute approximate surface area is 156 Å². The number of hydrogen-bond acceptors (Lipinski definition) is 3. The molecule has 0 aromatic heterocycles. The van der Waals surface area contributed by atoms with Crippen LogP contribution in [-0.4, -0.2) is 37.8 Å². The molecule has 5 nitrogen and oxygen atoms in total. The second kappa shape index (κ2) is 8.95. The lowest BCUT2D eigenvalue weighted by Crippen LogP contribution is -2.47. The minimum atomic E-state index is -3.80. The number of benzene rings is 1. The fourth-order valence-corrected chi connectivity index (χ4v) is 4.84. The summed E-state index contributed by atoms with van der Waals surface area (Å²) in [4.78, 5) is 12.5. The van der Waals surface area contributed by atoms with Gasteiger partial charge in [-0.05, 0) is 50.3 Å². The van der Waals surface area contributed by atoms with Crippen molar-refractivity contribution >= 4 is 15.9 Å². The number of nitrogens with zero attached hydrogens (tertiary/aromatic N) is 1. The molecule has 2 atom stereocenters. The van der Waals surface area contributed by atoms with Crippen LogP contribution in [0.3, 0.4) is 0 Å². The molecular formula is C19H29FN2O3S. The largest absolute Gasteiger partial charge is 0.353 e. The Morgan fingerprint density at radius 1 is 1.38 bits per heavy atom. The number of rotatable bonds is 7. The van der Waals surface area contributed by atoms with Crippen LogP contribution >= 0.6 is 0 Å². The highest BCUT2D eigenvalue weighted by Gasteiger charge is 2.34. The van der Waals surface area contributed by atoms with Gasteiger partial charge in [0.2, 0.25) is 15.9 Å². The minimum absolute atomic E-state index is 0.0564. The van der Waals surface area contributed by atoms with Gasteiger partial charge in [-0.25, -0.2) is 12.8 Å². The zero-order valence-electron chi connectivity index (χ0n) is 15.8. The molecule has 7 heteroatoms. The van der Waals surface area contributed by atoms with E-state index in [-0.39, 0.29) is 29.3 Å². The molecule has 0 bridgehead atoms. The molecule has 0 saturated carbocycles. The van der Waals surface area contributed by atoms with Gasteiger partial charge in [0.15, 0.2) is 0 Å². The molecule has 2 rings (SSSR count). The molecule has 1 aliphatic rings. The van der Waals surface area contributed by atoms with Gasteiger partial charge in [-0.1, -0.05) is 26.3 Å². The predicted octanol–water partition coefficient (Wildman–Crippen LogP) is 3.23. The van der Waals surface area contributed by atoms with Crippen LogP contribution in [0.25, 0.3) is 0 Å². The molecule has 1 aromatic rings. The van der Waals surface area contributed by atoms with E-state index >= 15 is 0 Å². The molecule has 0 aliphatic carbocycles. The Kier molecular flexibility index (Phi) is 7.17. The van der Waals surface area contributed by atoms with Crippen LogP contribution in [0.5, 0.6) is 0 Å². The third-order valence-corrected chi connectivity index (χ3v) is 6.87. The molecule has 26 heavy (non-hydrogen) atoms. The van der Waals surface area contributed by atoms with Crippen LogP contribution in [-0.2, 0) is 14.8 Å². The highest BCUT2D eigenvalue weighted by atomic mass is 32.2. The number of aryl methyl sites for hydroxylation is 1. The van der Waals surface area contributed by atoms with E-state index < -0.39 is 15.8 Å². The average Bonchev–Trinajstić information content (AvgIpc) is 2.63. The molecule has 2 unspecified atom stereocenters. The molecule has 1 aromatic carbocycles. The third-order valence-electron chi connectivity index (χ3n) is 5.01. The Hall–Kier alpha value is -1.47. The lowest BCUT2D eigenvalue weighted by Gasteiger charge is -2.32. The van der Waals surface area contributed by atoms with Crippen LogP contribution in [0.2, 0.25) is 0 Å². The molecule has 1 saturated heterocycles. The van der Waals surface area contributed by atoms with Crippen molar-refractivity contribution in [2.45, 2.75) is 63.8 Å². The molecule has 1 fully saturated rings. The van der Waals surface area contributed by atoms with Crippen molar-refractivity contribution in [1.82, 2.24) is 9.62 Å². The molecular weight excluding hydrogens is 355 g/mol. The standard InChI is InChI=1S/C19H29FN2O3S/c1-4-7-16(5-2)21-19(23)15-8-6-11-22(13-15)26(24,25)17-10-9-14(3)18(20)12-17/h9-10,12,15-16H,4-8,11,13H2,1-3H3,(H,21,23). The van der Waals surface area contributed by atoms with Crippen LogP contribution in [0.4, 0.5) is 4.39 Å². The van der Waals surface area contributed by atoms with Crippen molar-refractivity contribution in [2.24, 2.45) is 5.92 Å². The Bertz CT molecular complexity index is 736. The van der Waals surface area contributed by atoms with Crippen molar-refractivity contribution in [3.05, 3.63) is 29.6 Å². The Balaban J connectivity index is 2.11. The molecule has 1 N–H and O–H groups in total. The van der Waals surface area contributed by atoms with Crippen molar-refractivity contribution in [3.8, 4) is 0 Å². The number of carbonyl (C=O) groups excluding carboxylic acids is 1. The van der Waals surface area contributed by atoms with Gasteiger partial charge in [0, 0.05) is 19.1 Å². The maximum absolute atomic E-state index is 13.8. The van der Waals surface area contributed by atoms with Gasteiger partial charge in [0.05, 0.1) is 10.8 Å². The highest BCUT2D eigenvalue weighted by Crippen LogP contribution is 2.25. The van der Waals surface area contributed by atoms with E-state index in [9.17, 15) is 17.6 Å². The monoisotopic (exact) mass is 384 g/mol. The molecule has 1 amide bonds. The van der Waals surface area contributed by atoms with Gasteiger partial charge < -0.3 is 5.32 Å². The smallest absolute Gasteiger partial charge is 0.243 e. The maximum Gasteiger partial charge on any atom is 0.243 e. The molecule has 0 spiro atoms. The first kappa shape index (κ1) is 20.8. The minimum Gasteiger partial charge on any atom is -0.353 e. The van der Waals surface area contributed by atoms with Crippen molar-refractivity contribution in [3.63, 3.8) is 0 Å². The number of piperidine rings is 1. The van der Waals surface area contributed by atoms with Crippen molar-refractivity contribution < 1.29 is 17.6 Å². The summed E-state index contributed by atoms with van der Waals surface area (Å²) < 4.78 is 40.8. The van der Waals surface area contributed by atoms with Crippen molar-refractivity contribution in [2.75, 3.05) is 13.1 Å². The Morgan fingerprint density at radius 3 is 2.73 bits per heavy atom. The number of nitrogens with one attached hydrogen (secondary N) is 1. The fraction of sp³-hybridized carbons (Fsp3) is 0.632. The van der Waals surface area contributed by atoms with Gasteiger partial charge >= 0.3 is 0 Å². The molecule has 1 aliphatic heterocycles. The van der Waals surface area contributed by atoms with Gasteiger partial charge in [-0.3, -0.25) is 4.79 Å². The number of halogens is 1. The van der Waals surface area contributed by atoms with E-state index in [1.807, 2.05) is 6.92 Å². The number of amides is 1. The lowest BCUT2D eigenvalue weighted by atomic mass is 9.98. The molecule has 1 heterocycles. The van der Waals surface area contributed by atoms with Crippen LogP contribution in [0, 0.1) is 18.7 Å². The SMILES string of the molecule is CCCC(CC)NC(=O)C1CCCN(S(=O)(=O)c2ccc(C)c(F)c2)C1. The van der Waals surface area contributed by atoms with E-state index in [0.29, 0.717) is 24.9 Å². The Morgan fingerprint density at radius 2 is 2.12 bits per heavy atom. The van der Waals surface area contributed by atoms with E-state index in [1.54, 1.807) is 6.92 Å². The summed E-state index contributed by atoms with van der Waals surface area (Å²) in [5.74, 6) is -0.984.